The third kappa shape index (κ3) is 2.10. The Bertz CT molecular complexity index is 272. The molecule has 0 bridgehead atoms. The van der Waals surface area contributed by atoms with Gasteiger partial charge in [-0.25, -0.2) is 0 Å². The second kappa shape index (κ2) is 3.22. The number of nitrogens with two attached hydrogens (primary N) is 1. The van der Waals surface area contributed by atoms with E-state index < -0.39 is 6.04 Å². The zero-order chi connectivity index (χ0) is 8.27. The van der Waals surface area contributed by atoms with Gasteiger partial charge in [0.05, 0.1) is 12.1 Å². The van der Waals surface area contributed by atoms with Crippen LogP contribution in [0, 0.1) is 18.3 Å². The van der Waals surface area contributed by atoms with Crippen LogP contribution in [0.5, 0.6) is 0 Å². The van der Waals surface area contributed by atoms with Gasteiger partial charge in [-0.05, 0) is 19.1 Å². The smallest absolute Gasteiger partial charge is 0.106 e. The van der Waals surface area contributed by atoms with E-state index in [1.165, 1.54) is 0 Å². The van der Waals surface area contributed by atoms with Crippen LogP contribution in [0.1, 0.15) is 11.5 Å². The maximum Gasteiger partial charge on any atom is 0.106 e. The Morgan fingerprint density at radius 3 is 2.91 bits per heavy atom. The molecule has 0 aliphatic rings. The molecule has 58 valence electrons. The molecule has 1 heterocycles. The second-order valence-electron chi connectivity index (χ2n) is 2.45. The van der Waals surface area contributed by atoms with Crippen LogP contribution in [-0.2, 0) is 6.42 Å². The van der Waals surface area contributed by atoms with Crippen LogP contribution in [0.4, 0.5) is 0 Å². The van der Waals surface area contributed by atoms with Crippen LogP contribution in [0.15, 0.2) is 16.5 Å². The minimum atomic E-state index is -0.458. The van der Waals surface area contributed by atoms with Crippen molar-refractivity contribution in [3.05, 3.63) is 23.7 Å². The average molecular weight is 150 g/mol. The molecule has 0 aliphatic heterocycles. The topological polar surface area (TPSA) is 63.0 Å². The minimum absolute atomic E-state index is 0.458. The SMILES string of the molecule is Cc1ccc(CC(N)C#N)o1. The van der Waals surface area contributed by atoms with Gasteiger partial charge >= 0.3 is 0 Å². The summed E-state index contributed by atoms with van der Waals surface area (Å²) in [6.45, 7) is 1.86. The summed E-state index contributed by atoms with van der Waals surface area (Å²) in [7, 11) is 0. The summed E-state index contributed by atoms with van der Waals surface area (Å²) in [6, 6.07) is 5.18. The molecule has 1 aromatic rings. The lowest BCUT2D eigenvalue weighted by Crippen LogP contribution is -2.19. The van der Waals surface area contributed by atoms with E-state index in [2.05, 4.69) is 0 Å². The fourth-order valence-corrected chi connectivity index (χ4v) is 0.857. The Hall–Kier alpha value is -1.27. The number of nitriles is 1. The fourth-order valence-electron chi connectivity index (χ4n) is 0.857. The van der Waals surface area contributed by atoms with Crippen molar-refractivity contribution in [1.82, 2.24) is 0 Å². The summed E-state index contributed by atoms with van der Waals surface area (Å²) < 4.78 is 5.22. The van der Waals surface area contributed by atoms with E-state index in [9.17, 15) is 0 Å². The predicted molar refractivity (Wildman–Crippen MR) is 40.7 cm³/mol. The van der Waals surface area contributed by atoms with E-state index >= 15 is 0 Å². The molecule has 0 saturated heterocycles. The van der Waals surface area contributed by atoms with Crippen molar-refractivity contribution in [2.45, 2.75) is 19.4 Å². The van der Waals surface area contributed by atoms with Gasteiger partial charge in [0.25, 0.3) is 0 Å². The standard InChI is InChI=1S/C8H10N2O/c1-6-2-3-8(11-6)4-7(10)5-9/h2-3,7H,4,10H2,1H3. The molecular formula is C8H10N2O. The molecule has 1 rings (SSSR count). The molecule has 2 N–H and O–H groups in total. The Labute approximate surface area is 65.4 Å². The molecule has 1 atom stereocenters. The van der Waals surface area contributed by atoms with Gasteiger partial charge in [0.15, 0.2) is 0 Å². The molecule has 0 saturated carbocycles. The normalized spacial score (nSPS) is 12.5. The molecule has 1 unspecified atom stereocenters. The first-order valence-corrected chi connectivity index (χ1v) is 3.43. The van der Waals surface area contributed by atoms with Crippen molar-refractivity contribution in [1.29, 1.82) is 5.26 Å². The number of hydrogen-bond donors (Lipinski definition) is 1. The highest BCUT2D eigenvalue weighted by Gasteiger charge is 2.04. The van der Waals surface area contributed by atoms with E-state index in [0.29, 0.717) is 6.42 Å². The molecule has 3 heteroatoms. The molecule has 0 fully saturated rings. The first kappa shape index (κ1) is 7.83. The third-order valence-electron chi connectivity index (χ3n) is 1.38. The molecular weight excluding hydrogens is 140 g/mol. The summed E-state index contributed by atoms with van der Waals surface area (Å²) in [5.74, 6) is 1.63. The monoisotopic (exact) mass is 150 g/mol. The van der Waals surface area contributed by atoms with Crippen molar-refractivity contribution >= 4 is 0 Å². The largest absolute Gasteiger partial charge is 0.466 e. The summed E-state index contributed by atoms with van der Waals surface area (Å²) >= 11 is 0. The second-order valence-corrected chi connectivity index (χ2v) is 2.45. The molecule has 11 heavy (non-hydrogen) atoms. The Kier molecular flexibility index (Phi) is 2.29. The zero-order valence-electron chi connectivity index (χ0n) is 6.37. The van der Waals surface area contributed by atoms with Gasteiger partial charge in [-0.2, -0.15) is 5.26 Å². The van der Waals surface area contributed by atoms with Crippen LogP contribution in [0.2, 0.25) is 0 Å². The van der Waals surface area contributed by atoms with E-state index in [1.54, 1.807) is 0 Å². The fraction of sp³-hybridized carbons (Fsp3) is 0.375. The number of hydrogen-bond acceptors (Lipinski definition) is 3. The van der Waals surface area contributed by atoms with Crippen LogP contribution >= 0.6 is 0 Å². The highest BCUT2D eigenvalue weighted by molar-refractivity contribution is 5.08. The van der Waals surface area contributed by atoms with E-state index in [-0.39, 0.29) is 0 Å². The molecule has 0 radical (unpaired) electrons. The van der Waals surface area contributed by atoms with Gasteiger partial charge in [-0.3, -0.25) is 0 Å². The number of furan rings is 1. The summed E-state index contributed by atoms with van der Waals surface area (Å²) in [5, 5.41) is 8.39. The molecule has 1 aromatic heterocycles. The van der Waals surface area contributed by atoms with Crippen molar-refractivity contribution < 1.29 is 4.42 Å². The molecule has 0 aliphatic carbocycles. The quantitative estimate of drug-likeness (QED) is 0.683. The van der Waals surface area contributed by atoms with Crippen molar-refractivity contribution in [3.8, 4) is 6.07 Å². The molecule has 0 aromatic carbocycles. The lowest BCUT2D eigenvalue weighted by atomic mass is 10.2. The van der Waals surface area contributed by atoms with Crippen LogP contribution < -0.4 is 5.73 Å². The maximum atomic E-state index is 8.39. The van der Waals surface area contributed by atoms with E-state index in [1.807, 2.05) is 25.1 Å². The van der Waals surface area contributed by atoms with Gasteiger partial charge in [0, 0.05) is 6.42 Å². The van der Waals surface area contributed by atoms with Gasteiger partial charge in [-0.1, -0.05) is 0 Å². The zero-order valence-corrected chi connectivity index (χ0v) is 6.37. The van der Waals surface area contributed by atoms with Crippen LogP contribution in [0.25, 0.3) is 0 Å². The average Bonchev–Trinajstić information content (AvgIpc) is 2.35. The van der Waals surface area contributed by atoms with E-state index in [0.717, 1.165) is 11.5 Å². The Morgan fingerprint density at radius 2 is 2.45 bits per heavy atom. The number of nitrogens with zero attached hydrogens (tertiary/aromatic N) is 1. The van der Waals surface area contributed by atoms with Crippen molar-refractivity contribution in [2.24, 2.45) is 5.73 Å². The number of rotatable bonds is 2. The Balaban J connectivity index is 2.59. The van der Waals surface area contributed by atoms with Gasteiger partial charge < -0.3 is 10.2 Å². The van der Waals surface area contributed by atoms with Crippen LogP contribution in [-0.4, -0.2) is 6.04 Å². The summed E-state index contributed by atoms with van der Waals surface area (Å²) in [5.41, 5.74) is 5.39. The molecule has 0 amide bonds. The van der Waals surface area contributed by atoms with Crippen molar-refractivity contribution in [2.75, 3.05) is 0 Å². The van der Waals surface area contributed by atoms with Gasteiger partial charge in [0.2, 0.25) is 0 Å². The first-order chi connectivity index (χ1) is 5.22. The van der Waals surface area contributed by atoms with Crippen LogP contribution in [0.3, 0.4) is 0 Å². The maximum absolute atomic E-state index is 8.39. The summed E-state index contributed by atoms with van der Waals surface area (Å²) in [4.78, 5) is 0. The minimum Gasteiger partial charge on any atom is -0.466 e. The highest BCUT2D eigenvalue weighted by Crippen LogP contribution is 2.07. The van der Waals surface area contributed by atoms with Gasteiger partial charge in [0.1, 0.15) is 11.5 Å². The first-order valence-electron chi connectivity index (χ1n) is 3.43. The molecule has 3 nitrogen and oxygen atoms in total. The lowest BCUT2D eigenvalue weighted by Gasteiger charge is -1.96. The Morgan fingerprint density at radius 1 is 1.73 bits per heavy atom. The van der Waals surface area contributed by atoms with E-state index in [4.69, 9.17) is 15.4 Å². The number of aryl methyl sites for hydroxylation is 1. The third-order valence-corrected chi connectivity index (χ3v) is 1.38. The predicted octanol–water partition coefficient (Wildman–Crippen LogP) is 0.981. The summed E-state index contributed by atoms with van der Waals surface area (Å²) in [6.07, 6.45) is 0.490. The van der Waals surface area contributed by atoms with Crippen molar-refractivity contribution in [3.63, 3.8) is 0 Å². The lowest BCUT2D eigenvalue weighted by molar-refractivity contribution is 0.476. The van der Waals surface area contributed by atoms with Gasteiger partial charge in [-0.15, -0.1) is 0 Å². The molecule has 0 spiro atoms. The highest BCUT2D eigenvalue weighted by atomic mass is 16.3.